The number of hydrogen-bond donors (Lipinski definition) is 2. The van der Waals surface area contributed by atoms with Gasteiger partial charge in [0, 0.05) is 12.2 Å². The molecular formula is C17H17N3O7S. The number of benzene rings is 1. The predicted molar refractivity (Wildman–Crippen MR) is 97.5 cm³/mol. The third kappa shape index (κ3) is 3.52. The zero-order chi connectivity index (χ0) is 19.9. The second-order valence-electron chi connectivity index (χ2n) is 6.66. The van der Waals surface area contributed by atoms with Crippen molar-refractivity contribution in [3.05, 3.63) is 56.4 Å². The first-order valence-corrected chi connectivity index (χ1v) is 10.4. The first kappa shape index (κ1) is 18.3. The minimum Gasteiger partial charge on any atom is -0.454 e. The molecule has 1 aromatic heterocycles. The van der Waals surface area contributed by atoms with Crippen molar-refractivity contribution in [1.29, 1.82) is 0 Å². The van der Waals surface area contributed by atoms with Gasteiger partial charge in [-0.25, -0.2) is 13.2 Å². The maximum atomic E-state index is 12.7. The summed E-state index contributed by atoms with van der Waals surface area (Å²) in [5.74, 6) is 0.205. The van der Waals surface area contributed by atoms with Crippen molar-refractivity contribution >= 4 is 15.7 Å². The number of nitrogens with zero attached hydrogens (tertiary/aromatic N) is 1. The van der Waals surface area contributed by atoms with E-state index in [0.29, 0.717) is 23.5 Å². The van der Waals surface area contributed by atoms with Crippen LogP contribution in [0.5, 0.6) is 11.5 Å². The van der Waals surface area contributed by atoms with E-state index in [1.165, 1.54) is 0 Å². The van der Waals surface area contributed by atoms with Gasteiger partial charge in [-0.05, 0) is 24.1 Å². The highest BCUT2D eigenvalue weighted by Crippen LogP contribution is 2.32. The van der Waals surface area contributed by atoms with Gasteiger partial charge in [-0.15, -0.1) is 0 Å². The number of ether oxygens (including phenoxy) is 2. The number of H-pyrrole nitrogens is 1. The van der Waals surface area contributed by atoms with Crippen LogP contribution in [0.2, 0.25) is 0 Å². The second-order valence-corrected chi connectivity index (χ2v) is 8.89. The molecule has 10 nitrogen and oxygen atoms in total. The number of nitrogens with one attached hydrogen (secondary N) is 2. The van der Waals surface area contributed by atoms with Crippen LogP contribution in [0.15, 0.2) is 34.0 Å². The molecule has 28 heavy (non-hydrogen) atoms. The summed E-state index contributed by atoms with van der Waals surface area (Å²) in [4.78, 5) is 39.6. The van der Waals surface area contributed by atoms with E-state index in [1.807, 2.05) is 0 Å². The third-order valence-corrected chi connectivity index (χ3v) is 6.42. The van der Waals surface area contributed by atoms with Gasteiger partial charge < -0.3 is 19.8 Å². The van der Waals surface area contributed by atoms with Gasteiger partial charge in [-0.2, -0.15) is 0 Å². The summed E-state index contributed by atoms with van der Waals surface area (Å²) >= 11 is 0. The lowest BCUT2D eigenvalue weighted by Gasteiger charge is -2.12. The molecule has 1 amide bonds. The molecule has 1 saturated heterocycles. The van der Waals surface area contributed by atoms with Crippen LogP contribution < -0.4 is 26.0 Å². The van der Waals surface area contributed by atoms with E-state index in [0.717, 1.165) is 10.8 Å². The van der Waals surface area contributed by atoms with Crippen molar-refractivity contribution in [2.45, 2.75) is 19.0 Å². The zero-order valence-corrected chi connectivity index (χ0v) is 15.5. The third-order valence-electron chi connectivity index (χ3n) is 4.65. The van der Waals surface area contributed by atoms with E-state index < -0.39 is 33.0 Å². The molecule has 3 heterocycles. The molecule has 0 radical (unpaired) electrons. The van der Waals surface area contributed by atoms with Gasteiger partial charge in [0.1, 0.15) is 5.56 Å². The molecule has 4 rings (SSSR count). The minimum absolute atomic E-state index is 0.00207. The predicted octanol–water partition coefficient (Wildman–Crippen LogP) is -0.769. The monoisotopic (exact) mass is 407 g/mol. The van der Waals surface area contributed by atoms with Crippen LogP contribution in [0.1, 0.15) is 22.3 Å². The number of sulfone groups is 1. The van der Waals surface area contributed by atoms with Gasteiger partial charge in [0.2, 0.25) is 6.79 Å². The van der Waals surface area contributed by atoms with Crippen molar-refractivity contribution in [3.8, 4) is 11.5 Å². The van der Waals surface area contributed by atoms with Crippen LogP contribution in [0, 0.1) is 0 Å². The van der Waals surface area contributed by atoms with Crippen molar-refractivity contribution in [2.24, 2.45) is 0 Å². The molecule has 148 valence electrons. The molecule has 2 N–H and O–H groups in total. The summed E-state index contributed by atoms with van der Waals surface area (Å²) in [7, 11) is -3.17. The van der Waals surface area contributed by atoms with Gasteiger partial charge in [-0.3, -0.25) is 14.2 Å². The number of fused-ring (bicyclic) bond motifs is 1. The molecule has 0 spiro atoms. The Balaban J connectivity index is 1.58. The lowest BCUT2D eigenvalue weighted by molar-refractivity contribution is 0.0938. The van der Waals surface area contributed by atoms with Gasteiger partial charge in [-0.1, -0.05) is 6.07 Å². The van der Waals surface area contributed by atoms with Crippen LogP contribution in [-0.2, 0) is 16.4 Å². The summed E-state index contributed by atoms with van der Waals surface area (Å²) < 4.78 is 34.5. The lowest BCUT2D eigenvalue weighted by Crippen LogP contribution is -2.43. The molecule has 11 heteroatoms. The van der Waals surface area contributed by atoms with E-state index in [-0.39, 0.29) is 30.4 Å². The molecule has 1 atom stereocenters. The summed E-state index contributed by atoms with van der Waals surface area (Å²) in [6.07, 6.45) is 1.34. The van der Waals surface area contributed by atoms with Crippen LogP contribution in [-0.4, -0.2) is 48.2 Å². The summed E-state index contributed by atoms with van der Waals surface area (Å²) in [5, 5.41) is 2.55. The Morgan fingerprint density at radius 1 is 1.25 bits per heavy atom. The van der Waals surface area contributed by atoms with Crippen molar-refractivity contribution in [2.75, 3.05) is 18.3 Å². The average molecular weight is 407 g/mol. The molecule has 1 unspecified atom stereocenters. The largest absolute Gasteiger partial charge is 0.454 e. The Kier molecular flexibility index (Phi) is 4.46. The van der Waals surface area contributed by atoms with E-state index in [2.05, 4.69) is 10.3 Å². The molecule has 0 bridgehead atoms. The first-order chi connectivity index (χ1) is 13.3. The molecule has 1 aromatic carbocycles. The maximum Gasteiger partial charge on any atom is 0.328 e. The fourth-order valence-electron chi connectivity index (χ4n) is 3.21. The average Bonchev–Trinajstić information content (AvgIpc) is 3.23. The van der Waals surface area contributed by atoms with Gasteiger partial charge in [0.05, 0.1) is 18.1 Å². The summed E-state index contributed by atoms with van der Waals surface area (Å²) in [6.45, 7) is 0.0373. The van der Waals surface area contributed by atoms with Gasteiger partial charge in [0.25, 0.3) is 11.5 Å². The quantitative estimate of drug-likeness (QED) is 0.679. The minimum atomic E-state index is -3.17. The van der Waals surface area contributed by atoms with E-state index in [9.17, 15) is 22.8 Å². The van der Waals surface area contributed by atoms with Gasteiger partial charge in [0.15, 0.2) is 21.3 Å². The van der Waals surface area contributed by atoms with Crippen LogP contribution >= 0.6 is 0 Å². The normalized spacial score (nSPS) is 19.5. The highest BCUT2D eigenvalue weighted by molar-refractivity contribution is 7.91. The lowest BCUT2D eigenvalue weighted by atomic mass is 10.2. The fraction of sp³-hybridized carbons (Fsp3) is 0.353. The Labute approximate surface area is 159 Å². The molecule has 1 fully saturated rings. The number of rotatable bonds is 4. The highest BCUT2D eigenvalue weighted by atomic mass is 32.2. The highest BCUT2D eigenvalue weighted by Gasteiger charge is 2.30. The van der Waals surface area contributed by atoms with Crippen molar-refractivity contribution in [3.63, 3.8) is 0 Å². The van der Waals surface area contributed by atoms with Gasteiger partial charge >= 0.3 is 5.69 Å². The van der Waals surface area contributed by atoms with E-state index in [1.54, 1.807) is 18.2 Å². The van der Waals surface area contributed by atoms with E-state index in [4.69, 9.17) is 9.47 Å². The number of carbonyl (C=O) groups is 1. The summed E-state index contributed by atoms with van der Waals surface area (Å²) in [5.41, 5.74) is -1.07. The number of aromatic nitrogens is 2. The standard InChI is InChI=1S/C17H17N3O7S/c21-15(19-11-3-4-28(24,25)8-11)12-6-18-17(23)20(16(12)22)7-10-1-2-13-14(5-10)27-9-26-13/h1-2,5-6,11H,3-4,7-9H2,(H,18,23)(H,19,21). The van der Waals surface area contributed by atoms with Crippen LogP contribution in [0.3, 0.4) is 0 Å². The molecule has 2 aliphatic rings. The maximum absolute atomic E-state index is 12.7. The number of aromatic amines is 1. The second kappa shape index (κ2) is 6.82. The topological polar surface area (TPSA) is 137 Å². The molecule has 0 aliphatic carbocycles. The molecular weight excluding hydrogens is 390 g/mol. The fourth-order valence-corrected chi connectivity index (χ4v) is 4.88. The van der Waals surface area contributed by atoms with Crippen LogP contribution in [0.4, 0.5) is 0 Å². The molecule has 2 aliphatic heterocycles. The summed E-state index contributed by atoms with van der Waals surface area (Å²) in [6, 6.07) is 4.47. The number of hydrogen-bond acceptors (Lipinski definition) is 7. The number of amides is 1. The Hall–Kier alpha value is -3.08. The van der Waals surface area contributed by atoms with Crippen molar-refractivity contribution in [1.82, 2.24) is 14.9 Å². The SMILES string of the molecule is O=C(NC1CCS(=O)(=O)C1)c1c[nH]c(=O)n(Cc2ccc3c(c2)OCO3)c1=O. The smallest absolute Gasteiger partial charge is 0.328 e. The number of carbonyl (C=O) groups excluding carboxylic acids is 1. The Morgan fingerprint density at radius 3 is 2.79 bits per heavy atom. The van der Waals surface area contributed by atoms with Crippen LogP contribution in [0.25, 0.3) is 0 Å². The first-order valence-electron chi connectivity index (χ1n) is 8.55. The molecule has 2 aromatic rings. The molecule has 0 saturated carbocycles. The zero-order valence-electron chi connectivity index (χ0n) is 14.6. The Morgan fingerprint density at radius 2 is 2.04 bits per heavy atom. The Bertz CT molecular complexity index is 1170. The van der Waals surface area contributed by atoms with E-state index >= 15 is 0 Å². The van der Waals surface area contributed by atoms with Crippen molar-refractivity contribution < 1.29 is 22.7 Å².